The summed E-state index contributed by atoms with van der Waals surface area (Å²) in [5.74, 6) is 0. The topological polar surface area (TPSA) is 3.24 Å². The van der Waals surface area contributed by atoms with E-state index in [4.69, 9.17) is 0 Å². The van der Waals surface area contributed by atoms with Crippen molar-refractivity contribution in [3.05, 3.63) is 198 Å². The fourth-order valence-electron chi connectivity index (χ4n) is 10.1. The van der Waals surface area contributed by atoms with E-state index in [1.807, 2.05) is 11.3 Å². The predicted octanol–water partition coefficient (Wildman–Crippen LogP) is 15.5. The first-order chi connectivity index (χ1) is 27.3. The van der Waals surface area contributed by atoms with Crippen molar-refractivity contribution in [2.24, 2.45) is 0 Å². The highest BCUT2D eigenvalue weighted by Crippen LogP contribution is 2.57. The van der Waals surface area contributed by atoms with Crippen molar-refractivity contribution in [2.75, 3.05) is 4.90 Å². The van der Waals surface area contributed by atoms with Gasteiger partial charge in [-0.1, -0.05) is 167 Å². The van der Waals surface area contributed by atoms with E-state index in [-0.39, 0.29) is 10.8 Å². The summed E-state index contributed by atoms with van der Waals surface area (Å²) >= 11 is 1.87. The van der Waals surface area contributed by atoms with E-state index in [2.05, 4.69) is 209 Å². The first kappa shape index (κ1) is 33.1. The molecule has 2 heteroatoms. The summed E-state index contributed by atoms with van der Waals surface area (Å²) in [5, 5.41) is 2.66. The largest absolute Gasteiger partial charge is 0.310 e. The summed E-state index contributed by atoms with van der Waals surface area (Å²) in [4.78, 5) is 2.54. The molecule has 1 aromatic heterocycles. The van der Waals surface area contributed by atoms with Crippen molar-refractivity contribution in [1.29, 1.82) is 0 Å². The number of fused-ring (bicyclic) bond motifs is 9. The zero-order chi connectivity index (χ0) is 37.8. The van der Waals surface area contributed by atoms with Gasteiger partial charge in [0.15, 0.2) is 0 Å². The number of thiophene rings is 1. The van der Waals surface area contributed by atoms with Crippen LogP contribution in [0.4, 0.5) is 17.1 Å². The van der Waals surface area contributed by atoms with Crippen LogP contribution in [0.3, 0.4) is 0 Å². The van der Waals surface area contributed by atoms with Gasteiger partial charge < -0.3 is 4.90 Å². The van der Waals surface area contributed by atoms with Crippen LogP contribution in [-0.2, 0) is 10.8 Å². The molecular weight excluding hydrogens is 695 g/mol. The molecule has 0 N–H and O–H groups in total. The van der Waals surface area contributed by atoms with E-state index in [1.54, 1.807) is 0 Å². The van der Waals surface area contributed by atoms with Crippen molar-refractivity contribution >= 4 is 48.6 Å². The van der Waals surface area contributed by atoms with E-state index >= 15 is 0 Å². The van der Waals surface area contributed by atoms with Gasteiger partial charge in [-0.05, 0) is 97.6 Å². The first-order valence-electron chi connectivity index (χ1n) is 19.7. The Kier molecular flexibility index (Phi) is 7.18. The first-order valence-corrected chi connectivity index (χ1v) is 20.5. The second-order valence-corrected chi connectivity index (χ2v) is 17.5. The number of rotatable bonds is 5. The smallest absolute Gasteiger partial charge is 0.0540 e. The molecule has 56 heavy (non-hydrogen) atoms. The molecule has 0 unspecified atom stereocenters. The number of hydrogen-bond acceptors (Lipinski definition) is 2. The highest BCUT2D eigenvalue weighted by atomic mass is 32.1. The number of nitrogens with zero attached hydrogens (tertiary/aromatic N) is 1. The average Bonchev–Trinajstić information content (AvgIpc) is 3.82. The molecular formula is C54H41NS. The standard InChI is InChI=1S/C54H41NS/c1-53(2)44-24-10-6-18-41(44)50-39(21-13-25-45(50)53)38-17-7-11-26-46(38)55(47-27-14-22-40-37-16-5-9-23-43(37)54(3,4)52(40)47)35-32-30-34(31-33-35)36-20-15-29-49-51(36)42-19-8-12-28-48(42)56-49/h5-33H,1-4H3. The van der Waals surface area contributed by atoms with Gasteiger partial charge in [-0.15, -0.1) is 11.3 Å². The van der Waals surface area contributed by atoms with Gasteiger partial charge in [0.1, 0.15) is 0 Å². The molecule has 2 aliphatic rings. The summed E-state index contributed by atoms with van der Waals surface area (Å²) < 4.78 is 2.65. The van der Waals surface area contributed by atoms with Gasteiger partial charge in [0.25, 0.3) is 0 Å². The van der Waals surface area contributed by atoms with E-state index in [0.29, 0.717) is 0 Å². The monoisotopic (exact) mass is 735 g/mol. The Labute approximate surface area is 333 Å². The maximum Gasteiger partial charge on any atom is 0.0540 e. The summed E-state index contributed by atoms with van der Waals surface area (Å²) in [6, 6.07) is 65.7. The minimum absolute atomic E-state index is 0.0842. The van der Waals surface area contributed by atoms with Crippen LogP contribution in [0.15, 0.2) is 176 Å². The molecule has 0 saturated heterocycles. The highest BCUT2D eigenvalue weighted by Gasteiger charge is 2.40. The Hall–Kier alpha value is -6.22. The number of para-hydroxylation sites is 1. The third-order valence-electron chi connectivity index (χ3n) is 12.7. The molecule has 0 spiro atoms. The third-order valence-corrected chi connectivity index (χ3v) is 13.8. The molecule has 0 aliphatic heterocycles. The molecule has 2 aliphatic carbocycles. The lowest BCUT2D eigenvalue weighted by molar-refractivity contribution is 0.660. The van der Waals surface area contributed by atoms with Crippen LogP contribution in [0.1, 0.15) is 49.9 Å². The molecule has 0 saturated carbocycles. The van der Waals surface area contributed by atoms with Crippen LogP contribution in [0.2, 0.25) is 0 Å². The minimum atomic E-state index is -0.192. The zero-order valence-electron chi connectivity index (χ0n) is 32.1. The average molecular weight is 736 g/mol. The Morgan fingerprint density at radius 1 is 0.393 bits per heavy atom. The summed E-state index contributed by atoms with van der Waals surface area (Å²) in [6.45, 7) is 9.52. The number of hydrogen-bond donors (Lipinski definition) is 0. The maximum absolute atomic E-state index is 2.54. The molecule has 9 aromatic rings. The Bertz CT molecular complexity index is 3030. The van der Waals surface area contributed by atoms with Crippen LogP contribution < -0.4 is 4.90 Å². The second kappa shape index (κ2) is 12.1. The van der Waals surface area contributed by atoms with Gasteiger partial charge in [0.05, 0.1) is 11.4 Å². The van der Waals surface area contributed by atoms with Crippen molar-refractivity contribution in [2.45, 2.75) is 38.5 Å². The van der Waals surface area contributed by atoms with Crippen molar-refractivity contribution in [1.82, 2.24) is 0 Å². The second-order valence-electron chi connectivity index (χ2n) is 16.4. The molecule has 0 bridgehead atoms. The van der Waals surface area contributed by atoms with E-state index < -0.39 is 0 Å². The fourth-order valence-corrected chi connectivity index (χ4v) is 11.2. The summed E-state index contributed by atoms with van der Waals surface area (Å²) in [7, 11) is 0. The van der Waals surface area contributed by atoms with Crippen LogP contribution in [-0.4, -0.2) is 0 Å². The lowest BCUT2D eigenvalue weighted by atomic mass is 9.81. The van der Waals surface area contributed by atoms with Gasteiger partial charge >= 0.3 is 0 Å². The maximum atomic E-state index is 2.54. The van der Waals surface area contributed by atoms with Crippen molar-refractivity contribution in [3.8, 4) is 44.5 Å². The van der Waals surface area contributed by atoms with Gasteiger partial charge in [-0.3, -0.25) is 0 Å². The van der Waals surface area contributed by atoms with Crippen LogP contribution >= 0.6 is 11.3 Å². The van der Waals surface area contributed by atoms with Crippen molar-refractivity contribution < 1.29 is 0 Å². The molecule has 11 rings (SSSR count). The van der Waals surface area contributed by atoms with Crippen LogP contribution in [0.5, 0.6) is 0 Å². The van der Waals surface area contributed by atoms with Crippen molar-refractivity contribution in [3.63, 3.8) is 0 Å². The lowest BCUT2D eigenvalue weighted by Gasteiger charge is -2.33. The van der Waals surface area contributed by atoms with E-state index in [1.165, 1.54) is 98.3 Å². The summed E-state index contributed by atoms with van der Waals surface area (Å²) in [6.07, 6.45) is 0. The quantitative estimate of drug-likeness (QED) is 0.170. The zero-order valence-corrected chi connectivity index (χ0v) is 32.9. The third kappa shape index (κ3) is 4.66. The van der Waals surface area contributed by atoms with E-state index in [0.717, 1.165) is 5.69 Å². The van der Waals surface area contributed by atoms with Gasteiger partial charge in [-0.2, -0.15) is 0 Å². The molecule has 0 fully saturated rings. The molecule has 0 amide bonds. The normalized spacial score (nSPS) is 14.4. The molecule has 268 valence electrons. The van der Waals surface area contributed by atoms with Crippen LogP contribution in [0.25, 0.3) is 64.7 Å². The summed E-state index contributed by atoms with van der Waals surface area (Å²) in [5.41, 5.74) is 19.1. The molecule has 1 nitrogen and oxygen atoms in total. The molecule has 1 heterocycles. The van der Waals surface area contributed by atoms with Gasteiger partial charge in [-0.25, -0.2) is 0 Å². The predicted molar refractivity (Wildman–Crippen MR) is 240 cm³/mol. The van der Waals surface area contributed by atoms with E-state index in [9.17, 15) is 0 Å². The SMILES string of the molecule is CC1(C)c2ccccc2-c2c(-c3ccccc3N(c3ccc(-c4cccc5sc6ccccc6c45)cc3)c3cccc4c3C(C)(C)c3ccccc3-4)cccc21. The number of anilines is 3. The Morgan fingerprint density at radius 3 is 1.77 bits per heavy atom. The molecule has 0 radical (unpaired) electrons. The minimum Gasteiger partial charge on any atom is -0.310 e. The van der Waals surface area contributed by atoms with Gasteiger partial charge in [0, 0.05) is 42.3 Å². The molecule has 0 atom stereocenters. The number of benzene rings is 8. The lowest BCUT2D eigenvalue weighted by Crippen LogP contribution is -2.21. The Balaban J connectivity index is 1.15. The van der Waals surface area contributed by atoms with Gasteiger partial charge in [0.2, 0.25) is 0 Å². The molecule has 8 aromatic carbocycles. The highest BCUT2D eigenvalue weighted by molar-refractivity contribution is 7.25. The Morgan fingerprint density at radius 2 is 0.946 bits per heavy atom. The fraction of sp³-hybridized carbons (Fsp3) is 0.111. The van der Waals surface area contributed by atoms with Crippen LogP contribution in [0, 0.1) is 0 Å².